The van der Waals surface area contributed by atoms with Gasteiger partial charge in [-0.2, -0.15) is 5.26 Å². The predicted octanol–water partition coefficient (Wildman–Crippen LogP) is 3.23. The molecule has 0 aliphatic carbocycles. The molecular weight excluding hydrogens is 332 g/mol. The summed E-state index contributed by atoms with van der Waals surface area (Å²) in [5.74, 6) is 1.34. The van der Waals surface area contributed by atoms with Gasteiger partial charge in [0.2, 0.25) is 0 Å². The molecule has 0 bridgehead atoms. The number of benzene rings is 1. The van der Waals surface area contributed by atoms with Crippen molar-refractivity contribution in [2.45, 2.75) is 6.92 Å². The SMILES string of the molecule is COC(=O)c1cc(C=C(C#N)c2nnc(-c3ccccc3)n2C)oc1C. The minimum Gasteiger partial charge on any atom is -0.465 e. The lowest BCUT2D eigenvalue weighted by Gasteiger charge is -2.02. The molecule has 0 aliphatic heterocycles. The van der Waals surface area contributed by atoms with Crippen molar-refractivity contribution in [2.75, 3.05) is 7.11 Å². The van der Waals surface area contributed by atoms with E-state index >= 15 is 0 Å². The van der Waals surface area contributed by atoms with E-state index in [0.29, 0.717) is 28.7 Å². The number of hydrogen-bond acceptors (Lipinski definition) is 6. The Kier molecular flexibility index (Phi) is 4.67. The molecule has 130 valence electrons. The molecule has 0 aliphatic rings. The van der Waals surface area contributed by atoms with Crippen molar-refractivity contribution in [1.82, 2.24) is 14.8 Å². The maximum atomic E-state index is 11.7. The predicted molar refractivity (Wildman–Crippen MR) is 94.7 cm³/mol. The van der Waals surface area contributed by atoms with E-state index in [4.69, 9.17) is 9.15 Å². The van der Waals surface area contributed by atoms with Crippen molar-refractivity contribution < 1.29 is 13.9 Å². The monoisotopic (exact) mass is 348 g/mol. The second-order valence-electron chi connectivity index (χ2n) is 5.55. The van der Waals surface area contributed by atoms with Gasteiger partial charge in [0.1, 0.15) is 28.7 Å². The molecule has 0 fully saturated rings. The number of allylic oxidation sites excluding steroid dienone is 1. The van der Waals surface area contributed by atoms with Crippen LogP contribution in [0.1, 0.15) is 27.7 Å². The zero-order chi connectivity index (χ0) is 18.7. The second kappa shape index (κ2) is 7.07. The van der Waals surface area contributed by atoms with Gasteiger partial charge in [0, 0.05) is 18.7 Å². The summed E-state index contributed by atoms with van der Waals surface area (Å²) < 4.78 is 12.0. The average Bonchev–Trinajstić information content (AvgIpc) is 3.22. The lowest BCUT2D eigenvalue weighted by Crippen LogP contribution is -2.00. The molecule has 2 heterocycles. The minimum absolute atomic E-state index is 0.271. The zero-order valence-electron chi connectivity index (χ0n) is 14.6. The van der Waals surface area contributed by atoms with Crippen LogP contribution in [0.4, 0.5) is 0 Å². The van der Waals surface area contributed by atoms with Gasteiger partial charge in [0.25, 0.3) is 0 Å². The number of hydrogen-bond donors (Lipinski definition) is 0. The summed E-state index contributed by atoms with van der Waals surface area (Å²) in [5.41, 5.74) is 1.49. The molecule has 0 saturated carbocycles. The number of aryl methyl sites for hydroxylation is 1. The summed E-state index contributed by atoms with van der Waals surface area (Å²) in [7, 11) is 3.09. The first-order valence-electron chi connectivity index (χ1n) is 7.81. The van der Waals surface area contributed by atoms with E-state index in [9.17, 15) is 10.1 Å². The fourth-order valence-electron chi connectivity index (χ4n) is 2.58. The lowest BCUT2D eigenvalue weighted by molar-refractivity contribution is 0.0599. The van der Waals surface area contributed by atoms with E-state index in [1.54, 1.807) is 18.5 Å². The third kappa shape index (κ3) is 3.13. The maximum Gasteiger partial charge on any atom is 0.341 e. The van der Waals surface area contributed by atoms with Crippen molar-refractivity contribution >= 4 is 17.6 Å². The van der Waals surface area contributed by atoms with E-state index < -0.39 is 5.97 Å². The third-order valence-corrected chi connectivity index (χ3v) is 3.90. The van der Waals surface area contributed by atoms with Gasteiger partial charge in [-0.05, 0) is 13.0 Å². The summed E-state index contributed by atoms with van der Waals surface area (Å²) in [5, 5.41) is 17.8. The first-order chi connectivity index (χ1) is 12.5. The number of carbonyl (C=O) groups excluding carboxylic acids is 1. The smallest absolute Gasteiger partial charge is 0.341 e. The van der Waals surface area contributed by atoms with Gasteiger partial charge in [-0.1, -0.05) is 30.3 Å². The Balaban J connectivity index is 2.01. The summed E-state index contributed by atoms with van der Waals surface area (Å²) in [6.45, 7) is 1.66. The molecule has 3 aromatic rings. The van der Waals surface area contributed by atoms with Gasteiger partial charge in [-0.15, -0.1) is 10.2 Å². The highest BCUT2D eigenvalue weighted by Crippen LogP contribution is 2.24. The molecule has 1 aromatic carbocycles. The van der Waals surface area contributed by atoms with Crippen LogP contribution in [-0.2, 0) is 11.8 Å². The molecule has 0 unspecified atom stereocenters. The number of esters is 1. The molecule has 0 spiro atoms. The Morgan fingerprint density at radius 2 is 2.04 bits per heavy atom. The normalized spacial score (nSPS) is 11.2. The van der Waals surface area contributed by atoms with Gasteiger partial charge < -0.3 is 13.7 Å². The van der Waals surface area contributed by atoms with Crippen LogP contribution in [0, 0.1) is 18.3 Å². The first-order valence-corrected chi connectivity index (χ1v) is 7.81. The Hall–Kier alpha value is -3.66. The number of carbonyl (C=O) groups is 1. The zero-order valence-corrected chi connectivity index (χ0v) is 14.6. The van der Waals surface area contributed by atoms with Crippen LogP contribution in [0.5, 0.6) is 0 Å². The summed E-state index contributed by atoms with van der Waals surface area (Å²) in [4.78, 5) is 11.7. The Morgan fingerprint density at radius 1 is 1.31 bits per heavy atom. The highest BCUT2D eigenvalue weighted by Gasteiger charge is 2.18. The number of nitrogens with zero attached hydrogens (tertiary/aromatic N) is 4. The quantitative estimate of drug-likeness (QED) is 0.531. The van der Waals surface area contributed by atoms with E-state index in [1.165, 1.54) is 19.3 Å². The van der Waals surface area contributed by atoms with E-state index in [2.05, 4.69) is 16.3 Å². The molecular formula is C19H16N4O3. The van der Waals surface area contributed by atoms with Gasteiger partial charge in [0.15, 0.2) is 11.6 Å². The molecule has 26 heavy (non-hydrogen) atoms. The summed E-state index contributed by atoms with van der Waals surface area (Å²) in [6, 6.07) is 13.2. The van der Waals surface area contributed by atoms with Crippen LogP contribution in [0.2, 0.25) is 0 Å². The van der Waals surface area contributed by atoms with Gasteiger partial charge in [0.05, 0.1) is 7.11 Å². The van der Waals surface area contributed by atoms with Crippen LogP contribution in [0.3, 0.4) is 0 Å². The highest BCUT2D eigenvalue weighted by atomic mass is 16.5. The fraction of sp³-hybridized carbons (Fsp3) is 0.158. The van der Waals surface area contributed by atoms with Crippen LogP contribution >= 0.6 is 0 Å². The average molecular weight is 348 g/mol. The van der Waals surface area contributed by atoms with Crippen LogP contribution in [0.15, 0.2) is 40.8 Å². The molecule has 2 aromatic heterocycles. The van der Waals surface area contributed by atoms with Crippen LogP contribution in [-0.4, -0.2) is 27.8 Å². The Labute approximate surface area is 150 Å². The molecule has 7 nitrogen and oxygen atoms in total. The lowest BCUT2D eigenvalue weighted by atomic mass is 10.2. The standard InChI is InChI=1S/C19H16N4O3/c1-12-16(19(24)25-3)10-15(26-12)9-14(11-20)18-22-21-17(23(18)2)13-7-5-4-6-8-13/h4-10H,1-3H3. The van der Waals surface area contributed by atoms with Crippen molar-refractivity contribution in [3.8, 4) is 17.5 Å². The van der Waals surface area contributed by atoms with Crippen molar-refractivity contribution in [1.29, 1.82) is 5.26 Å². The van der Waals surface area contributed by atoms with Crippen molar-refractivity contribution in [3.05, 3.63) is 59.3 Å². The summed E-state index contributed by atoms with van der Waals surface area (Å²) >= 11 is 0. The highest BCUT2D eigenvalue weighted by molar-refractivity contribution is 5.92. The fourth-order valence-corrected chi connectivity index (χ4v) is 2.58. The van der Waals surface area contributed by atoms with E-state index in [-0.39, 0.29) is 5.57 Å². The Morgan fingerprint density at radius 3 is 2.69 bits per heavy atom. The first kappa shape index (κ1) is 17.2. The molecule has 0 N–H and O–H groups in total. The molecule has 0 amide bonds. The second-order valence-corrected chi connectivity index (χ2v) is 5.55. The molecule has 3 rings (SSSR count). The molecule has 0 saturated heterocycles. The van der Waals surface area contributed by atoms with Crippen LogP contribution in [0.25, 0.3) is 23.0 Å². The topological polar surface area (TPSA) is 93.9 Å². The molecule has 7 heteroatoms. The van der Waals surface area contributed by atoms with Crippen molar-refractivity contribution in [3.63, 3.8) is 0 Å². The van der Waals surface area contributed by atoms with Gasteiger partial charge >= 0.3 is 5.97 Å². The number of ether oxygens (including phenoxy) is 1. The largest absolute Gasteiger partial charge is 0.465 e. The third-order valence-electron chi connectivity index (χ3n) is 3.90. The number of aromatic nitrogens is 3. The maximum absolute atomic E-state index is 11.7. The Bertz CT molecular complexity index is 1020. The van der Waals surface area contributed by atoms with Gasteiger partial charge in [-0.25, -0.2) is 4.79 Å². The number of furan rings is 1. The minimum atomic E-state index is -0.491. The van der Waals surface area contributed by atoms with Crippen LogP contribution < -0.4 is 0 Å². The van der Waals surface area contributed by atoms with Crippen molar-refractivity contribution in [2.24, 2.45) is 7.05 Å². The van der Waals surface area contributed by atoms with E-state index in [0.717, 1.165) is 5.56 Å². The summed E-state index contributed by atoms with van der Waals surface area (Å²) in [6.07, 6.45) is 1.53. The number of nitriles is 1. The molecule has 0 atom stereocenters. The molecule has 0 radical (unpaired) electrons. The number of methoxy groups -OCH3 is 1. The van der Waals surface area contributed by atoms with Gasteiger partial charge in [-0.3, -0.25) is 0 Å². The van der Waals surface area contributed by atoms with E-state index in [1.807, 2.05) is 30.3 Å². The number of rotatable bonds is 4.